The number of thioether (sulfide) groups is 1. The molecular formula is C5H14N2S2. The van der Waals surface area contributed by atoms with Crippen LogP contribution in [0.1, 0.15) is 19.8 Å². The number of hydrogen-bond acceptors (Lipinski definition) is 3. The first-order valence-electron chi connectivity index (χ1n) is 2.69. The van der Waals surface area contributed by atoms with Crippen LogP contribution in [0.15, 0.2) is 0 Å². The van der Waals surface area contributed by atoms with E-state index in [1.165, 1.54) is 12.8 Å². The fourth-order valence-electron chi connectivity index (χ4n) is 0.317. The van der Waals surface area contributed by atoms with E-state index in [0.29, 0.717) is 4.32 Å². The first kappa shape index (κ1) is 11.9. The average Bonchev–Trinajstić information content (AvgIpc) is 1.66. The normalized spacial score (nSPS) is 8.11. The van der Waals surface area contributed by atoms with Crippen molar-refractivity contribution >= 4 is 28.3 Å². The molecule has 0 aromatic carbocycles. The number of unbranched alkanes of at least 4 members (excludes halogenated alkanes) is 1. The summed E-state index contributed by atoms with van der Waals surface area (Å²) < 4.78 is 0.568. The fourth-order valence-corrected chi connectivity index (χ4v) is 1.20. The second-order valence-corrected chi connectivity index (χ2v) is 3.36. The summed E-state index contributed by atoms with van der Waals surface area (Å²) in [5, 5.41) is 0. The maximum atomic E-state index is 5.23. The summed E-state index contributed by atoms with van der Waals surface area (Å²) in [6.07, 6.45) is 2.43. The molecule has 0 amide bonds. The molecule has 0 aliphatic carbocycles. The topological polar surface area (TPSA) is 61.0 Å². The van der Waals surface area contributed by atoms with E-state index < -0.39 is 0 Å². The third kappa shape index (κ3) is 11.7. The van der Waals surface area contributed by atoms with Gasteiger partial charge in [0.2, 0.25) is 0 Å². The van der Waals surface area contributed by atoms with Gasteiger partial charge in [-0.3, -0.25) is 0 Å². The van der Waals surface area contributed by atoms with Gasteiger partial charge in [0.25, 0.3) is 0 Å². The first-order valence-corrected chi connectivity index (χ1v) is 4.09. The predicted octanol–water partition coefficient (Wildman–Crippen LogP) is 1.93. The molecule has 0 aliphatic rings. The average molecular weight is 166 g/mol. The van der Waals surface area contributed by atoms with E-state index in [9.17, 15) is 0 Å². The molecule has 0 saturated carbocycles. The Bertz CT molecular complexity index is 75.4. The van der Waals surface area contributed by atoms with Crippen LogP contribution in [0.25, 0.3) is 0 Å². The van der Waals surface area contributed by atoms with E-state index in [-0.39, 0.29) is 6.15 Å². The van der Waals surface area contributed by atoms with Crippen molar-refractivity contribution in [2.24, 2.45) is 5.73 Å². The van der Waals surface area contributed by atoms with Crippen molar-refractivity contribution < 1.29 is 0 Å². The predicted molar refractivity (Wildman–Crippen MR) is 49.2 cm³/mol. The molecule has 2 nitrogen and oxygen atoms in total. The highest BCUT2D eigenvalue weighted by Gasteiger charge is 1.86. The lowest BCUT2D eigenvalue weighted by molar-refractivity contribution is 0.898. The molecule has 0 atom stereocenters. The van der Waals surface area contributed by atoms with Crippen LogP contribution in [0.3, 0.4) is 0 Å². The number of rotatable bonds is 3. The zero-order chi connectivity index (χ0) is 6.41. The van der Waals surface area contributed by atoms with Gasteiger partial charge in [-0.2, -0.15) is 0 Å². The van der Waals surface area contributed by atoms with E-state index in [0.717, 1.165) is 5.75 Å². The minimum Gasteiger partial charge on any atom is -0.385 e. The molecule has 9 heavy (non-hydrogen) atoms. The maximum Gasteiger partial charge on any atom is 0.131 e. The van der Waals surface area contributed by atoms with Gasteiger partial charge in [0.1, 0.15) is 4.32 Å². The number of hydrogen-bond donors (Lipinski definition) is 2. The standard InChI is InChI=1S/C5H11NS2.H3N/c1-2-3-4-8-5(6)7;/h2-4H2,1H3,(H2,6,7);1H3. The third-order valence-electron chi connectivity index (χ3n) is 0.742. The lowest BCUT2D eigenvalue weighted by Crippen LogP contribution is -2.02. The molecule has 0 unspecified atom stereocenters. The minimum atomic E-state index is 0. The number of thiocarbonyl (C=S) groups is 1. The van der Waals surface area contributed by atoms with Gasteiger partial charge in [-0.15, -0.1) is 0 Å². The van der Waals surface area contributed by atoms with Crippen LogP contribution in [0.5, 0.6) is 0 Å². The molecule has 0 rings (SSSR count). The van der Waals surface area contributed by atoms with E-state index >= 15 is 0 Å². The summed E-state index contributed by atoms with van der Waals surface area (Å²) in [6, 6.07) is 0. The van der Waals surface area contributed by atoms with Gasteiger partial charge in [0, 0.05) is 5.75 Å². The van der Waals surface area contributed by atoms with E-state index in [1.807, 2.05) is 0 Å². The molecular weight excluding hydrogens is 152 g/mol. The Hall–Kier alpha value is 0.200. The summed E-state index contributed by atoms with van der Waals surface area (Å²) in [5.74, 6) is 1.08. The highest BCUT2D eigenvalue weighted by molar-refractivity contribution is 8.22. The van der Waals surface area contributed by atoms with Crippen molar-refractivity contribution in [3.8, 4) is 0 Å². The molecule has 0 heterocycles. The Balaban J connectivity index is 0. The van der Waals surface area contributed by atoms with Gasteiger partial charge in [0.05, 0.1) is 0 Å². The quantitative estimate of drug-likeness (QED) is 0.497. The Morgan fingerprint density at radius 1 is 1.67 bits per heavy atom. The zero-order valence-electron chi connectivity index (χ0n) is 5.72. The largest absolute Gasteiger partial charge is 0.385 e. The second-order valence-electron chi connectivity index (χ2n) is 1.52. The summed E-state index contributed by atoms with van der Waals surface area (Å²) in [7, 11) is 0. The van der Waals surface area contributed by atoms with Crippen LogP contribution in [0, 0.1) is 0 Å². The summed E-state index contributed by atoms with van der Waals surface area (Å²) in [6.45, 7) is 2.15. The lowest BCUT2D eigenvalue weighted by Gasteiger charge is -1.93. The summed E-state index contributed by atoms with van der Waals surface area (Å²) in [5.41, 5.74) is 5.23. The molecule has 0 spiro atoms. The van der Waals surface area contributed by atoms with Gasteiger partial charge in [-0.25, -0.2) is 0 Å². The molecule has 0 fully saturated rings. The van der Waals surface area contributed by atoms with E-state index in [4.69, 9.17) is 5.73 Å². The van der Waals surface area contributed by atoms with Gasteiger partial charge in [0.15, 0.2) is 0 Å². The third-order valence-corrected chi connectivity index (χ3v) is 1.87. The lowest BCUT2D eigenvalue weighted by atomic mass is 10.4. The van der Waals surface area contributed by atoms with Gasteiger partial charge in [-0.1, -0.05) is 37.3 Å². The molecule has 0 radical (unpaired) electrons. The second kappa shape index (κ2) is 8.20. The van der Waals surface area contributed by atoms with Crippen molar-refractivity contribution in [2.75, 3.05) is 5.75 Å². The minimum absolute atomic E-state index is 0. The molecule has 56 valence electrons. The molecule has 0 aromatic rings. The first-order chi connectivity index (χ1) is 3.77. The monoisotopic (exact) mass is 166 g/mol. The van der Waals surface area contributed by atoms with Crippen LogP contribution in [0.2, 0.25) is 0 Å². The molecule has 0 bridgehead atoms. The Morgan fingerprint density at radius 3 is 2.56 bits per heavy atom. The molecule has 0 saturated heterocycles. The molecule has 0 aromatic heterocycles. The molecule has 0 aliphatic heterocycles. The van der Waals surface area contributed by atoms with Crippen molar-refractivity contribution in [1.82, 2.24) is 6.15 Å². The van der Waals surface area contributed by atoms with Crippen LogP contribution in [0.4, 0.5) is 0 Å². The van der Waals surface area contributed by atoms with Crippen molar-refractivity contribution in [2.45, 2.75) is 19.8 Å². The van der Waals surface area contributed by atoms with Crippen molar-refractivity contribution in [1.29, 1.82) is 0 Å². The highest BCUT2D eigenvalue weighted by Crippen LogP contribution is 2.02. The maximum absolute atomic E-state index is 5.23. The summed E-state index contributed by atoms with van der Waals surface area (Å²) >= 11 is 6.21. The Morgan fingerprint density at radius 2 is 2.22 bits per heavy atom. The van der Waals surface area contributed by atoms with Gasteiger partial charge in [-0.05, 0) is 6.42 Å². The van der Waals surface area contributed by atoms with Gasteiger partial charge < -0.3 is 11.9 Å². The SMILES string of the molecule is CCCCSC(N)=S.N. The van der Waals surface area contributed by atoms with Crippen LogP contribution >= 0.6 is 24.0 Å². The van der Waals surface area contributed by atoms with Crippen LogP contribution in [-0.2, 0) is 0 Å². The summed E-state index contributed by atoms with van der Waals surface area (Å²) in [4.78, 5) is 0. The Labute approximate surface area is 66.2 Å². The van der Waals surface area contributed by atoms with Crippen molar-refractivity contribution in [3.05, 3.63) is 0 Å². The van der Waals surface area contributed by atoms with Crippen LogP contribution < -0.4 is 11.9 Å². The van der Waals surface area contributed by atoms with E-state index in [1.54, 1.807) is 11.8 Å². The van der Waals surface area contributed by atoms with Crippen molar-refractivity contribution in [3.63, 3.8) is 0 Å². The molecule has 4 heteroatoms. The fraction of sp³-hybridized carbons (Fsp3) is 0.800. The Kier molecular flexibility index (Phi) is 10.9. The van der Waals surface area contributed by atoms with E-state index in [2.05, 4.69) is 19.1 Å². The smallest absolute Gasteiger partial charge is 0.131 e. The molecule has 5 N–H and O–H groups in total. The highest BCUT2D eigenvalue weighted by atomic mass is 32.2. The van der Waals surface area contributed by atoms with Crippen LogP contribution in [-0.4, -0.2) is 10.1 Å². The van der Waals surface area contributed by atoms with Gasteiger partial charge >= 0.3 is 0 Å². The zero-order valence-corrected chi connectivity index (χ0v) is 7.36. The number of nitrogens with two attached hydrogens (primary N) is 1.